The maximum Gasteiger partial charge on any atom is 0.200 e. The summed E-state index contributed by atoms with van der Waals surface area (Å²) < 4.78 is 8.64. The van der Waals surface area contributed by atoms with E-state index in [1.54, 1.807) is 0 Å². The molecule has 0 spiro atoms. The molecule has 204 valence electrons. The maximum atomic E-state index is 13.2. The van der Waals surface area contributed by atoms with Crippen molar-refractivity contribution in [1.82, 2.24) is 9.55 Å². The van der Waals surface area contributed by atoms with Gasteiger partial charge in [0.2, 0.25) is 5.43 Å². The third kappa shape index (κ3) is 3.26. The first-order valence-electron chi connectivity index (χ1n) is 14.6. The van der Waals surface area contributed by atoms with E-state index in [0.717, 1.165) is 22.3 Å². The van der Waals surface area contributed by atoms with Crippen molar-refractivity contribution in [3.05, 3.63) is 143 Å². The highest BCUT2D eigenvalue weighted by molar-refractivity contribution is 6.12. The Balaban J connectivity index is 1.33. The number of benzene rings is 5. The molecule has 5 aromatic carbocycles. The predicted molar refractivity (Wildman–Crippen MR) is 175 cm³/mol. The number of para-hydroxylation sites is 3. The number of hydrogen-bond donors (Lipinski definition) is 0. The van der Waals surface area contributed by atoms with Gasteiger partial charge in [-0.2, -0.15) is 0 Å². The molecule has 0 unspecified atom stereocenters. The zero-order valence-electron chi connectivity index (χ0n) is 23.8. The van der Waals surface area contributed by atoms with Gasteiger partial charge in [0.15, 0.2) is 0 Å². The van der Waals surface area contributed by atoms with Crippen LogP contribution < -0.4 is 5.43 Å². The molecule has 4 heteroatoms. The van der Waals surface area contributed by atoms with Crippen LogP contribution in [0, 0.1) is 0 Å². The molecular formula is C39H26N2O2. The summed E-state index contributed by atoms with van der Waals surface area (Å²) in [5, 5.41) is 3.62. The Morgan fingerprint density at radius 1 is 0.628 bits per heavy atom. The molecule has 8 aromatic rings. The Morgan fingerprint density at radius 3 is 2.30 bits per heavy atom. The van der Waals surface area contributed by atoms with E-state index >= 15 is 0 Å². The number of nitrogens with zero attached hydrogens (tertiary/aromatic N) is 2. The quantitative estimate of drug-likeness (QED) is 0.200. The van der Waals surface area contributed by atoms with Crippen molar-refractivity contribution in [2.24, 2.45) is 0 Å². The van der Waals surface area contributed by atoms with E-state index in [4.69, 9.17) is 4.42 Å². The molecule has 0 saturated carbocycles. The molecule has 4 nitrogen and oxygen atoms in total. The highest BCUT2D eigenvalue weighted by atomic mass is 16.3. The van der Waals surface area contributed by atoms with E-state index in [1.807, 2.05) is 54.9 Å². The van der Waals surface area contributed by atoms with Crippen LogP contribution in [0.4, 0.5) is 0 Å². The van der Waals surface area contributed by atoms with Crippen LogP contribution in [0.1, 0.15) is 25.0 Å². The summed E-state index contributed by atoms with van der Waals surface area (Å²) in [5.74, 6) is 0. The van der Waals surface area contributed by atoms with Gasteiger partial charge in [-0.3, -0.25) is 9.78 Å². The highest BCUT2D eigenvalue weighted by Gasteiger charge is 2.36. The molecule has 43 heavy (non-hydrogen) atoms. The smallest absolute Gasteiger partial charge is 0.200 e. The lowest BCUT2D eigenvalue weighted by molar-refractivity contribution is 0.658. The van der Waals surface area contributed by atoms with Crippen LogP contribution in [0.3, 0.4) is 0 Å². The lowest BCUT2D eigenvalue weighted by Gasteiger charge is -2.21. The van der Waals surface area contributed by atoms with Crippen LogP contribution in [0.25, 0.3) is 71.7 Å². The molecule has 9 rings (SSSR count). The summed E-state index contributed by atoms with van der Waals surface area (Å²) in [5.41, 5.74) is 11.6. The Bertz CT molecular complexity index is 2510. The Kier molecular flexibility index (Phi) is 4.79. The Morgan fingerprint density at radius 2 is 1.40 bits per heavy atom. The molecule has 0 N–H and O–H groups in total. The van der Waals surface area contributed by atoms with Gasteiger partial charge in [0.25, 0.3) is 0 Å². The molecule has 3 aromatic heterocycles. The van der Waals surface area contributed by atoms with Crippen LogP contribution >= 0.6 is 0 Å². The number of hydrogen-bond acceptors (Lipinski definition) is 3. The molecule has 1 aliphatic carbocycles. The Hall–Kier alpha value is -5.48. The number of pyridine rings is 1. The number of aromatic nitrogens is 2. The van der Waals surface area contributed by atoms with Gasteiger partial charge in [0, 0.05) is 34.1 Å². The zero-order chi connectivity index (χ0) is 28.9. The normalized spacial score (nSPS) is 13.6. The summed E-state index contributed by atoms with van der Waals surface area (Å²) in [7, 11) is 0. The summed E-state index contributed by atoms with van der Waals surface area (Å²) in [6, 6.07) is 37.4. The van der Waals surface area contributed by atoms with Crippen LogP contribution in [-0.4, -0.2) is 9.55 Å². The number of fused-ring (bicyclic) bond motifs is 8. The molecule has 0 aliphatic heterocycles. The number of rotatable bonds is 2. The second-order valence-electron chi connectivity index (χ2n) is 12.0. The molecule has 3 heterocycles. The molecule has 0 radical (unpaired) electrons. The second kappa shape index (κ2) is 8.52. The largest absolute Gasteiger partial charge is 0.456 e. The summed E-state index contributed by atoms with van der Waals surface area (Å²) in [4.78, 5) is 17.7. The first-order chi connectivity index (χ1) is 21.0. The fraction of sp³-hybridized carbons (Fsp3) is 0.0769. The molecule has 0 amide bonds. The fourth-order valence-electron chi connectivity index (χ4n) is 7.17. The van der Waals surface area contributed by atoms with Crippen LogP contribution in [-0.2, 0) is 5.41 Å². The van der Waals surface area contributed by atoms with Gasteiger partial charge in [-0.05, 0) is 82.4 Å². The van der Waals surface area contributed by atoms with Gasteiger partial charge < -0.3 is 8.98 Å². The lowest BCUT2D eigenvalue weighted by atomic mass is 9.83. The lowest BCUT2D eigenvalue weighted by Crippen LogP contribution is -2.15. The van der Waals surface area contributed by atoms with Crippen LogP contribution in [0.5, 0.6) is 0 Å². The van der Waals surface area contributed by atoms with Gasteiger partial charge in [-0.15, -0.1) is 0 Å². The first-order valence-corrected chi connectivity index (χ1v) is 14.6. The zero-order valence-corrected chi connectivity index (χ0v) is 23.8. The third-order valence-electron chi connectivity index (χ3n) is 9.30. The average molecular weight is 555 g/mol. The average Bonchev–Trinajstić information content (AvgIpc) is 3.48. The van der Waals surface area contributed by atoms with Crippen molar-refractivity contribution < 1.29 is 4.42 Å². The minimum absolute atomic E-state index is 0.00764. The standard InChI is InChI=1S/C39H26N2O2/c1-39(2)31-21-35-30(20-29(31)25-17-18-40-22-32(25)39)26-10-4-7-13-34(26)41(35)33-12-6-3-9-24(33)23-15-16-28-37(19-23)43-36-14-8-5-11-27(36)38(28)42/h3-22H,1-2H3. The van der Waals surface area contributed by atoms with E-state index in [9.17, 15) is 4.79 Å². The van der Waals surface area contributed by atoms with Gasteiger partial charge in [0.1, 0.15) is 11.2 Å². The Labute approximate surface area is 247 Å². The molecule has 0 saturated heterocycles. The minimum Gasteiger partial charge on any atom is -0.456 e. The fourth-order valence-corrected chi connectivity index (χ4v) is 7.17. The summed E-state index contributed by atoms with van der Waals surface area (Å²) in [6.07, 6.45) is 3.91. The van der Waals surface area contributed by atoms with Crippen molar-refractivity contribution in [2.75, 3.05) is 0 Å². The maximum absolute atomic E-state index is 13.2. The van der Waals surface area contributed by atoms with Crippen molar-refractivity contribution in [3.8, 4) is 27.9 Å². The van der Waals surface area contributed by atoms with Crippen molar-refractivity contribution in [3.63, 3.8) is 0 Å². The van der Waals surface area contributed by atoms with Crippen molar-refractivity contribution in [2.45, 2.75) is 19.3 Å². The van der Waals surface area contributed by atoms with E-state index in [2.05, 4.69) is 90.1 Å². The third-order valence-corrected chi connectivity index (χ3v) is 9.30. The van der Waals surface area contributed by atoms with Crippen molar-refractivity contribution >= 4 is 43.7 Å². The predicted octanol–water partition coefficient (Wildman–Crippen LogP) is 9.41. The molecule has 0 atom stereocenters. The molecule has 0 bridgehead atoms. The van der Waals surface area contributed by atoms with Gasteiger partial charge >= 0.3 is 0 Å². The minimum atomic E-state index is -0.160. The van der Waals surface area contributed by atoms with Gasteiger partial charge in [-0.25, -0.2) is 0 Å². The van der Waals surface area contributed by atoms with Crippen LogP contribution in [0.2, 0.25) is 0 Å². The van der Waals surface area contributed by atoms with Gasteiger partial charge in [-0.1, -0.05) is 68.4 Å². The first kappa shape index (κ1) is 24.2. The topological polar surface area (TPSA) is 48.0 Å². The van der Waals surface area contributed by atoms with E-state index < -0.39 is 0 Å². The molecule has 1 aliphatic rings. The summed E-state index contributed by atoms with van der Waals surface area (Å²) >= 11 is 0. The van der Waals surface area contributed by atoms with Crippen LogP contribution in [0.15, 0.2) is 131 Å². The molecular weight excluding hydrogens is 528 g/mol. The molecule has 0 fully saturated rings. The summed E-state index contributed by atoms with van der Waals surface area (Å²) in [6.45, 7) is 4.58. The van der Waals surface area contributed by atoms with E-state index in [1.165, 1.54) is 38.5 Å². The van der Waals surface area contributed by atoms with Gasteiger partial charge in [0.05, 0.1) is 27.5 Å². The van der Waals surface area contributed by atoms with Crippen molar-refractivity contribution in [1.29, 1.82) is 0 Å². The monoisotopic (exact) mass is 554 g/mol. The SMILES string of the molecule is CC1(C)c2cnccc2-c2cc3c4ccccc4n(-c4ccccc4-c4ccc5c(=O)c6ccccc6oc5c4)c3cc21. The second-order valence-corrected chi connectivity index (χ2v) is 12.0. The highest BCUT2D eigenvalue weighted by Crippen LogP contribution is 2.51. The van der Waals surface area contributed by atoms with E-state index in [0.29, 0.717) is 21.9 Å². The van der Waals surface area contributed by atoms with E-state index in [-0.39, 0.29) is 10.8 Å².